The number of hydrogen-bond donors (Lipinski definition) is 2. The summed E-state index contributed by atoms with van der Waals surface area (Å²) in [5.41, 5.74) is 4.98. The Hall–Kier alpha value is -3.68. The Labute approximate surface area is 228 Å². The van der Waals surface area contributed by atoms with Gasteiger partial charge in [-0.2, -0.15) is 0 Å². The van der Waals surface area contributed by atoms with Crippen molar-refractivity contribution in [1.29, 1.82) is 0 Å². The minimum atomic E-state index is -0.977. The van der Waals surface area contributed by atoms with E-state index in [9.17, 15) is 19.7 Å². The average Bonchev–Trinajstić information content (AvgIpc) is 3.18. The Balaban J connectivity index is 1.25. The van der Waals surface area contributed by atoms with E-state index in [2.05, 4.69) is 13.0 Å². The van der Waals surface area contributed by atoms with Gasteiger partial charge in [-0.1, -0.05) is 65.8 Å². The van der Waals surface area contributed by atoms with Crippen LogP contribution in [0.15, 0.2) is 83.4 Å². The van der Waals surface area contributed by atoms with Gasteiger partial charge in [0, 0.05) is 5.39 Å². The molecule has 2 N–H and O–H groups in total. The average molecular weight is 521 g/mol. The van der Waals surface area contributed by atoms with Crippen LogP contribution in [0.1, 0.15) is 38.7 Å². The largest absolute Gasteiger partial charge is 0.507 e. The molecule has 3 aromatic carbocycles. The zero-order valence-electron chi connectivity index (χ0n) is 22.2. The number of benzene rings is 3. The first-order valence-corrected chi connectivity index (χ1v) is 13.7. The lowest BCUT2D eigenvalue weighted by molar-refractivity contribution is -0.122. The summed E-state index contributed by atoms with van der Waals surface area (Å²) < 4.78 is 6.06. The zero-order valence-corrected chi connectivity index (χ0v) is 22.2. The van der Waals surface area contributed by atoms with Gasteiger partial charge in [0.25, 0.3) is 0 Å². The number of phenols is 1. The molecule has 0 saturated carbocycles. The topological polar surface area (TPSA) is 87.1 Å². The van der Waals surface area contributed by atoms with Gasteiger partial charge in [0.15, 0.2) is 0 Å². The summed E-state index contributed by atoms with van der Waals surface area (Å²) in [5.74, 6) is -1.14. The third kappa shape index (κ3) is 4.50. The van der Waals surface area contributed by atoms with Crippen molar-refractivity contribution in [2.24, 2.45) is 17.8 Å². The molecular formula is C32H32BNO5. The number of phenolic OH excluding ortho intramolecular Hbond substituents is 1. The standard InChI is InChI=1S/C32H32BNO5/c1-19(16-21-13-14-27(35)24-11-7-6-10-23(21)24)12-15-28-29-20(2)17-25-30(26(29)18-33(38)39-28)32(37)34(31(25)36)22-8-4-3-5-9-22/h3-11,13-14,16,25-26,28,30,35,38H,12,15,17-18H2,1-2H3/b19-16+/t25-,26+,28-,30-/m1/s1. The van der Waals surface area contributed by atoms with Crippen molar-refractivity contribution in [3.05, 3.63) is 89.0 Å². The number of amides is 2. The first-order valence-electron chi connectivity index (χ1n) is 13.7. The fraction of sp³-hybridized carbons (Fsp3) is 0.312. The molecule has 2 heterocycles. The van der Waals surface area contributed by atoms with Gasteiger partial charge in [-0.25, -0.2) is 0 Å². The highest BCUT2D eigenvalue weighted by atomic mass is 16.5. The Bertz CT molecular complexity index is 1510. The van der Waals surface area contributed by atoms with Crippen LogP contribution in [0.3, 0.4) is 0 Å². The highest BCUT2D eigenvalue weighted by Crippen LogP contribution is 2.51. The molecule has 0 spiro atoms. The maximum Gasteiger partial charge on any atom is 0.455 e. The SMILES string of the molecule is CC1=C2[C@@H](CC/C(C)=C/c3ccc(O)c4ccccc34)OB(O)C[C@@H]2[C@@H]2C(=O)N(c3ccccc3)C(=O)[C@@H]2C1. The number of anilines is 1. The van der Waals surface area contributed by atoms with Crippen molar-refractivity contribution in [3.8, 4) is 5.75 Å². The van der Waals surface area contributed by atoms with Crippen molar-refractivity contribution >= 4 is 41.5 Å². The molecule has 3 aromatic rings. The smallest absolute Gasteiger partial charge is 0.455 e. The van der Waals surface area contributed by atoms with Crippen LogP contribution in [-0.2, 0) is 14.2 Å². The molecule has 2 amide bonds. The number of imide groups is 1. The molecule has 0 radical (unpaired) electrons. The van der Waals surface area contributed by atoms with Crippen LogP contribution in [0.5, 0.6) is 5.75 Å². The number of nitrogens with zero attached hydrogens (tertiary/aromatic N) is 1. The molecule has 2 saturated heterocycles. The second-order valence-corrected chi connectivity index (χ2v) is 11.1. The fourth-order valence-electron chi connectivity index (χ4n) is 6.88. The van der Waals surface area contributed by atoms with E-state index >= 15 is 0 Å². The van der Waals surface area contributed by atoms with E-state index in [0.717, 1.165) is 39.5 Å². The quantitative estimate of drug-likeness (QED) is 0.254. The number of allylic oxidation sites excluding steroid dienone is 2. The van der Waals surface area contributed by atoms with Gasteiger partial charge in [0.1, 0.15) is 5.75 Å². The van der Waals surface area contributed by atoms with E-state index < -0.39 is 19.0 Å². The lowest BCUT2D eigenvalue weighted by atomic mass is 9.59. The number of para-hydroxylation sites is 1. The van der Waals surface area contributed by atoms with E-state index in [1.165, 1.54) is 4.90 Å². The number of aromatic hydroxyl groups is 1. The predicted octanol–water partition coefficient (Wildman–Crippen LogP) is 5.75. The van der Waals surface area contributed by atoms with E-state index in [-0.39, 0.29) is 29.6 Å². The first kappa shape index (κ1) is 25.6. The number of hydrogen-bond acceptors (Lipinski definition) is 5. The van der Waals surface area contributed by atoms with Crippen LogP contribution in [-0.4, -0.2) is 35.2 Å². The molecule has 2 fully saturated rings. The number of carbonyl (C=O) groups is 2. The van der Waals surface area contributed by atoms with Crippen LogP contribution in [0.2, 0.25) is 6.32 Å². The number of rotatable bonds is 5. The molecule has 0 aromatic heterocycles. The molecule has 2 aliphatic heterocycles. The highest BCUT2D eigenvalue weighted by molar-refractivity contribution is 6.43. The second-order valence-electron chi connectivity index (χ2n) is 11.1. The van der Waals surface area contributed by atoms with Crippen molar-refractivity contribution < 1.29 is 24.4 Å². The van der Waals surface area contributed by atoms with Gasteiger partial charge in [0.05, 0.1) is 23.6 Å². The Morgan fingerprint density at radius 3 is 2.49 bits per heavy atom. The summed E-state index contributed by atoms with van der Waals surface area (Å²) in [4.78, 5) is 28.4. The first-order chi connectivity index (χ1) is 18.8. The summed E-state index contributed by atoms with van der Waals surface area (Å²) in [7, 11) is -0.977. The minimum absolute atomic E-state index is 0.146. The van der Waals surface area contributed by atoms with Gasteiger partial charge in [-0.15, -0.1) is 0 Å². The maximum absolute atomic E-state index is 13.7. The van der Waals surface area contributed by atoms with E-state index in [1.54, 1.807) is 18.2 Å². The molecular weight excluding hydrogens is 489 g/mol. The second kappa shape index (κ2) is 10.1. The molecule has 0 unspecified atom stereocenters. The van der Waals surface area contributed by atoms with E-state index in [0.29, 0.717) is 24.8 Å². The summed E-state index contributed by atoms with van der Waals surface area (Å²) in [5, 5.41) is 22.8. The van der Waals surface area contributed by atoms with E-state index in [1.807, 2.05) is 55.5 Å². The molecule has 4 atom stereocenters. The third-order valence-electron chi connectivity index (χ3n) is 8.60. The minimum Gasteiger partial charge on any atom is -0.507 e. The molecule has 6 rings (SSSR count). The monoisotopic (exact) mass is 521 g/mol. The van der Waals surface area contributed by atoms with Gasteiger partial charge in [-0.3, -0.25) is 14.5 Å². The maximum atomic E-state index is 13.7. The molecule has 1 aliphatic carbocycles. The lowest BCUT2D eigenvalue weighted by Gasteiger charge is -2.42. The Kier molecular flexibility index (Phi) is 6.65. The van der Waals surface area contributed by atoms with Crippen LogP contribution < -0.4 is 4.90 Å². The summed E-state index contributed by atoms with van der Waals surface area (Å²) in [6.45, 7) is 4.12. The fourth-order valence-corrected chi connectivity index (χ4v) is 6.88. The lowest BCUT2D eigenvalue weighted by Crippen LogP contribution is -2.46. The predicted molar refractivity (Wildman–Crippen MR) is 153 cm³/mol. The highest BCUT2D eigenvalue weighted by Gasteiger charge is 2.57. The zero-order chi connectivity index (χ0) is 27.3. The molecule has 39 heavy (non-hydrogen) atoms. The number of carbonyl (C=O) groups excluding carboxylic acids is 2. The van der Waals surface area contributed by atoms with Gasteiger partial charge in [-0.05, 0) is 80.1 Å². The van der Waals surface area contributed by atoms with Crippen molar-refractivity contribution in [3.63, 3.8) is 0 Å². The molecule has 6 nitrogen and oxygen atoms in total. The number of fused-ring (bicyclic) bond motifs is 4. The van der Waals surface area contributed by atoms with Crippen LogP contribution in [0.4, 0.5) is 5.69 Å². The van der Waals surface area contributed by atoms with Crippen molar-refractivity contribution in [1.82, 2.24) is 0 Å². The molecule has 0 bridgehead atoms. The van der Waals surface area contributed by atoms with E-state index in [4.69, 9.17) is 4.65 Å². The summed E-state index contributed by atoms with van der Waals surface area (Å²) in [6, 6.07) is 20.6. The van der Waals surface area contributed by atoms with Crippen molar-refractivity contribution in [2.75, 3.05) is 4.90 Å². The van der Waals surface area contributed by atoms with Gasteiger partial charge >= 0.3 is 7.12 Å². The van der Waals surface area contributed by atoms with Gasteiger partial charge in [0.2, 0.25) is 11.8 Å². The van der Waals surface area contributed by atoms with Crippen LogP contribution >= 0.6 is 0 Å². The van der Waals surface area contributed by atoms with Crippen LogP contribution in [0, 0.1) is 17.8 Å². The molecule has 3 aliphatic rings. The van der Waals surface area contributed by atoms with Crippen LogP contribution in [0.25, 0.3) is 16.8 Å². The molecule has 198 valence electrons. The Morgan fingerprint density at radius 1 is 1.00 bits per heavy atom. The summed E-state index contributed by atoms with van der Waals surface area (Å²) in [6.07, 6.45) is 4.09. The molecule has 7 heteroatoms. The van der Waals surface area contributed by atoms with Gasteiger partial charge < -0.3 is 14.8 Å². The third-order valence-corrected chi connectivity index (χ3v) is 8.60. The summed E-state index contributed by atoms with van der Waals surface area (Å²) >= 11 is 0. The normalized spacial score (nSPS) is 25.4. The Morgan fingerprint density at radius 2 is 1.72 bits per heavy atom. The van der Waals surface area contributed by atoms with Crippen molar-refractivity contribution in [2.45, 2.75) is 45.5 Å².